The summed E-state index contributed by atoms with van der Waals surface area (Å²) in [6.45, 7) is 0. The van der Waals surface area contributed by atoms with Crippen LogP contribution in [0, 0.1) is 11.6 Å². The summed E-state index contributed by atoms with van der Waals surface area (Å²) >= 11 is 0. The molecule has 15 nitrogen and oxygen atoms in total. The molecule has 332 valence electrons. The van der Waals surface area contributed by atoms with E-state index in [2.05, 4.69) is 41.2 Å². The van der Waals surface area contributed by atoms with Crippen LogP contribution in [0.3, 0.4) is 0 Å². The summed E-state index contributed by atoms with van der Waals surface area (Å²) in [6, 6.07) is 33.1. The van der Waals surface area contributed by atoms with Crippen LogP contribution in [0.25, 0.3) is 44.8 Å². The fourth-order valence-electron chi connectivity index (χ4n) is 7.37. The third-order valence-electron chi connectivity index (χ3n) is 10.6. The number of rotatable bonds is 16. The molecule has 0 aliphatic rings. The van der Waals surface area contributed by atoms with E-state index in [1.807, 2.05) is 12.1 Å². The molecular formula is C49H40F2N8O7. The zero-order valence-electron chi connectivity index (χ0n) is 34.8. The molecule has 0 saturated carbocycles. The van der Waals surface area contributed by atoms with E-state index in [1.165, 1.54) is 36.4 Å². The Labute approximate surface area is 374 Å². The van der Waals surface area contributed by atoms with E-state index in [0.29, 0.717) is 56.0 Å². The van der Waals surface area contributed by atoms with E-state index in [4.69, 9.17) is 0 Å². The number of imidazole rings is 2. The number of hydrogen-bond acceptors (Lipinski definition) is 7. The van der Waals surface area contributed by atoms with E-state index >= 15 is 8.78 Å². The molecule has 0 radical (unpaired) electrons. The molecule has 0 aliphatic carbocycles. The van der Waals surface area contributed by atoms with Crippen molar-refractivity contribution in [2.24, 2.45) is 0 Å². The second-order valence-corrected chi connectivity index (χ2v) is 15.5. The van der Waals surface area contributed by atoms with Gasteiger partial charge in [0.15, 0.2) is 0 Å². The summed E-state index contributed by atoms with van der Waals surface area (Å²) < 4.78 is 30.7. The van der Waals surface area contributed by atoms with Crippen LogP contribution in [-0.2, 0) is 44.9 Å². The van der Waals surface area contributed by atoms with E-state index in [-0.39, 0.29) is 37.1 Å². The van der Waals surface area contributed by atoms with E-state index in [0.717, 1.165) is 11.1 Å². The number of aliphatic carboxylic acids is 2. The molecule has 2 heterocycles. The zero-order valence-corrected chi connectivity index (χ0v) is 34.8. The molecule has 2 aromatic heterocycles. The van der Waals surface area contributed by atoms with Crippen LogP contribution >= 0.6 is 0 Å². The summed E-state index contributed by atoms with van der Waals surface area (Å²) in [5, 5.41) is 29.3. The Balaban J connectivity index is 0.859. The maximum Gasteiger partial charge on any atom is 0.326 e. The van der Waals surface area contributed by atoms with Gasteiger partial charge >= 0.3 is 18.0 Å². The first-order valence-electron chi connectivity index (χ1n) is 20.6. The molecule has 0 saturated heterocycles. The number of aromatic nitrogens is 4. The fraction of sp³-hybridized carbons (Fsp3) is 0.122. The van der Waals surface area contributed by atoms with Crippen molar-refractivity contribution in [1.82, 2.24) is 30.6 Å². The van der Waals surface area contributed by atoms with Crippen LogP contribution in [-0.4, -0.2) is 72.0 Å². The number of hydrogen-bond donors (Lipinski definition) is 8. The quantitative estimate of drug-likeness (QED) is 0.0482. The molecule has 8 aromatic rings. The van der Waals surface area contributed by atoms with Crippen molar-refractivity contribution >= 4 is 63.2 Å². The molecule has 6 aromatic carbocycles. The molecule has 4 amide bonds. The Morgan fingerprint density at radius 1 is 0.515 bits per heavy atom. The van der Waals surface area contributed by atoms with Crippen molar-refractivity contribution in [1.29, 1.82) is 0 Å². The molecule has 8 N–H and O–H groups in total. The molecule has 0 fully saturated rings. The number of nitrogens with one attached hydrogen (secondary N) is 6. The van der Waals surface area contributed by atoms with Crippen molar-refractivity contribution in [3.63, 3.8) is 0 Å². The number of nitrogens with zero attached hydrogens (tertiary/aromatic N) is 2. The minimum Gasteiger partial charge on any atom is -0.480 e. The van der Waals surface area contributed by atoms with Crippen LogP contribution in [0.2, 0.25) is 0 Å². The number of fused-ring (bicyclic) bond motifs is 2. The Morgan fingerprint density at radius 2 is 0.924 bits per heavy atom. The molecule has 2 atom stereocenters. The average Bonchev–Trinajstić information content (AvgIpc) is 3.92. The highest BCUT2D eigenvalue weighted by Crippen LogP contribution is 2.28. The molecule has 0 spiro atoms. The summed E-state index contributed by atoms with van der Waals surface area (Å²) in [4.78, 5) is 77.4. The van der Waals surface area contributed by atoms with Crippen LogP contribution in [0.4, 0.5) is 25.0 Å². The second-order valence-electron chi connectivity index (χ2n) is 15.5. The van der Waals surface area contributed by atoms with Gasteiger partial charge in [0.05, 0.1) is 46.3 Å². The van der Waals surface area contributed by atoms with Gasteiger partial charge in [-0.3, -0.25) is 9.59 Å². The van der Waals surface area contributed by atoms with Gasteiger partial charge in [-0.05, 0) is 82.9 Å². The Kier molecular flexibility index (Phi) is 12.9. The topological polar surface area (TPSA) is 231 Å². The Bertz CT molecular complexity index is 2920. The maximum atomic E-state index is 15.3. The van der Waals surface area contributed by atoms with Crippen molar-refractivity contribution in [2.75, 3.05) is 10.6 Å². The largest absolute Gasteiger partial charge is 0.480 e. The normalized spacial score (nSPS) is 12.0. The lowest BCUT2D eigenvalue weighted by Crippen LogP contribution is -2.43. The average molecular weight is 891 g/mol. The smallest absolute Gasteiger partial charge is 0.326 e. The summed E-state index contributed by atoms with van der Waals surface area (Å²) in [7, 11) is 0. The van der Waals surface area contributed by atoms with E-state index < -0.39 is 53.5 Å². The zero-order chi connectivity index (χ0) is 46.3. The predicted octanol–water partition coefficient (Wildman–Crippen LogP) is 7.40. The first kappa shape index (κ1) is 43.9. The predicted molar refractivity (Wildman–Crippen MR) is 242 cm³/mol. The van der Waals surface area contributed by atoms with Gasteiger partial charge < -0.3 is 41.4 Å². The van der Waals surface area contributed by atoms with Gasteiger partial charge in [0.1, 0.15) is 35.4 Å². The molecule has 2 unspecified atom stereocenters. The summed E-state index contributed by atoms with van der Waals surface area (Å²) in [5.41, 5.74) is 5.29. The number of H-pyrrole nitrogens is 2. The van der Waals surface area contributed by atoms with Gasteiger partial charge in [-0.15, -0.1) is 0 Å². The lowest BCUT2D eigenvalue weighted by atomic mass is 10.1. The molecule has 0 aliphatic heterocycles. The number of carbonyl (C=O) groups excluding carboxylic acids is 3. The lowest BCUT2D eigenvalue weighted by molar-refractivity contribution is -0.142. The van der Waals surface area contributed by atoms with Gasteiger partial charge in [-0.2, -0.15) is 0 Å². The standard InChI is InChI=1S/C49H40F2N8O7/c50-33-25-31(45-54-37-15-11-29(21-39(37)56-45)23-43(60)52-41(47(62)63)19-27-7-3-1-4-8-27)13-17-35(33)58-49(66)59-36-18-14-32(26-34(36)51)46-55-38-16-12-30(22-40(38)57-46)24-44(61)53-42(48(64)65)20-28-9-5-2-6-10-28/h1-18,21-22,25-26,41-42H,19-20,23-24H2,(H,52,60)(H,53,61)(H,54,56)(H,55,57)(H,62,63)(H,64,65)(H2,58,59,66). The van der Waals surface area contributed by atoms with Gasteiger partial charge in [-0.25, -0.2) is 33.1 Å². The highest BCUT2D eigenvalue weighted by Gasteiger charge is 2.23. The Morgan fingerprint density at radius 3 is 1.30 bits per heavy atom. The van der Waals surface area contributed by atoms with Crippen molar-refractivity contribution < 1.29 is 43.0 Å². The molecule has 17 heteroatoms. The number of anilines is 2. The molecular weight excluding hydrogens is 851 g/mol. The molecule has 66 heavy (non-hydrogen) atoms. The van der Waals surface area contributed by atoms with Gasteiger partial charge in [0.2, 0.25) is 11.8 Å². The third kappa shape index (κ3) is 10.7. The number of halogens is 2. The number of benzene rings is 6. The highest BCUT2D eigenvalue weighted by molar-refractivity contribution is 6.00. The first-order valence-corrected chi connectivity index (χ1v) is 20.6. The van der Waals surface area contributed by atoms with Crippen LogP contribution in [0.5, 0.6) is 0 Å². The fourth-order valence-corrected chi connectivity index (χ4v) is 7.37. The van der Waals surface area contributed by atoms with E-state index in [1.54, 1.807) is 84.9 Å². The van der Waals surface area contributed by atoms with Crippen molar-refractivity contribution in [3.8, 4) is 22.8 Å². The SMILES string of the molecule is O=C(Cc1ccc2nc(-c3ccc(NC(=O)Nc4ccc(-c5nc6ccc(CC(=O)NC(Cc7ccccc7)C(=O)O)cc6[nH]5)cc4F)c(F)c3)[nH]c2c1)NC(Cc1ccccc1)C(=O)O. The number of aromatic amines is 2. The van der Waals surface area contributed by atoms with E-state index in [9.17, 15) is 34.2 Å². The highest BCUT2D eigenvalue weighted by atomic mass is 19.1. The minimum absolute atomic E-state index is 0.0860. The van der Waals surface area contributed by atoms with Crippen LogP contribution in [0.15, 0.2) is 133 Å². The summed E-state index contributed by atoms with van der Waals surface area (Å²) in [6.07, 6.45) is 0.0903. The molecule has 8 rings (SSSR count). The summed E-state index contributed by atoms with van der Waals surface area (Å²) in [5.74, 6) is -4.19. The number of carboxylic acids is 2. The van der Waals surface area contributed by atoms with Crippen LogP contribution in [0.1, 0.15) is 22.3 Å². The third-order valence-corrected chi connectivity index (χ3v) is 10.6. The maximum absolute atomic E-state index is 15.3. The van der Waals surface area contributed by atoms with Crippen molar-refractivity contribution in [2.45, 2.75) is 37.8 Å². The Hall–Kier alpha value is -8.73. The van der Waals surface area contributed by atoms with Gasteiger partial charge in [0, 0.05) is 24.0 Å². The number of amides is 4. The molecule has 0 bridgehead atoms. The number of carbonyl (C=O) groups is 5. The minimum atomic E-state index is -1.15. The number of carboxylic acid groups (broad SMARTS) is 2. The van der Waals surface area contributed by atoms with Gasteiger partial charge in [0.25, 0.3) is 0 Å². The first-order chi connectivity index (χ1) is 31.8. The van der Waals surface area contributed by atoms with Crippen molar-refractivity contribution in [3.05, 3.63) is 167 Å². The van der Waals surface area contributed by atoms with Gasteiger partial charge in [-0.1, -0.05) is 72.8 Å². The second kappa shape index (κ2) is 19.3. The monoisotopic (exact) mass is 890 g/mol. The number of urea groups is 1. The lowest BCUT2D eigenvalue weighted by Gasteiger charge is -2.14. The van der Waals surface area contributed by atoms with Crippen LogP contribution < -0.4 is 21.3 Å².